The zero-order valence-electron chi connectivity index (χ0n) is 16.7. The van der Waals surface area contributed by atoms with Crippen LogP contribution in [-0.4, -0.2) is 48.9 Å². The van der Waals surface area contributed by atoms with E-state index in [1.165, 1.54) is 16.8 Å². The number of rotatable bonds is 7. The molecule has 1 aromatic carbocycles. The standard InChI is InChI=1S/C20H20F2N6O3/c1-12-16(28(26-23-12)14-6-4-13(5-7-14)19(21)22)11-31-18-9-8-17(24-25-18)27-10-2-3-15(27)20(29)30/h4-9,15,19H,2-3,10-11H2,1H3,(H,29,30)/t15-/m0/s1. The maximum atomic E-state index is 12.8. The first-order valence-corrected chi connectivity index (χ1v) is 9.69. The van der Waals surface area contributed by atoms with E-state index in [9.17, 15) is 18.7 Å². The van der Waals surface area contributed by atoms with Crippen LogP contribution in [0.2, 0.25) is 0 Å². The Labute approximate surface area is 176 Å². The van der Waals surface area contributed by atoms with Gasteiger partial charge in [0.15, 0.2) is 5.82 Å². The molecule has 1 aliphatic heterocycles. The van der Waals surface area contributed by atoms with Gasteiger partial charge < -0.3 is 14.7 Å². The number of hydrogen-bond acceptors (Lipinski definition) is 7. The summed E-state index contributed by atoms with van der Waals surface area (Å²) in [4.78, 5) is 13.1. The van der Waals surface area contributed by atoms with E-state index in [0.717, 1.165) is 6.42 Å². The van der Waals surface area contributed by atoms with Crippen LogP contribution in [0.15, 0.2) is 36.4 Å². The van der Waals surface area contributed by atoms with Gasteiger partial charge in [0, 0.05) is 18.2 Å². The molecule has 0 unspecified atom stereocenters. The fraction of sp³-hybridized carbons (Fsp3) is 0.350. The molecule has 0 spiro atoms. The average molecular weight is 430 g/mol. The first-order valence-electron chi connectivity index (χ1n) is 9.69. The number of hydrogen-bond donors (Lipinski definition) is 1. The third-order valence-electron chi connectivity index (χ3n) is 5.16. The molecule has 0 aliphatic carbocycles. The van der Waals surface area contributed by atoms with E-state index in [0.29, 0.717) is 35.9 Å². The van der Waals surface area contributed by atoms with Crippen molar-refractivity contribution in [3.05, 3.63) is 53.3 Å². The molecule has 3 heterocycles. The quantitative estimate of drug-likeness (QED) is 0.610. The van der Waals surface area contributed by atoms with Crippen LogP contribution in [0.1, 0.15) is 36.2 Å². The van der Waals surface area contributed by atoms with Crippen molar-refractivity contribution in [1.82, 2.24) is 25.2 Å². The summed E-state index contributed by atoms with van der Waals surface area (Å²) in [5.41, 5.74) is 1.78. The van der Waals surface area contributed by atoms with E-state index < -0.39 is 18.4 Å². The summed E-state index contributed by atoms with van der Waals surface area (Å²) in [6.07, 6.45) is -1.18. The number of aliphatic carboxylic acids is 1. The van der Waals surface area contributed by atoms with E-state index in [1.807, 2.05) is 0 Å². The highest BCUT2D eigenvalue weighted by atomic mass is 19.3. The van der Waals surface area contributed by atoms with Crippen LogP contribution in [-0.2, 0) is 11.4 Å². The zero-order chi connectivity index (χ0) is 22.0. The van der Waals surface area contributed by atoms with Crippen molar-refractivity contribution in [3.63, 3.8) is 0 Å². The van der Waals surface area contributed by atoms with Gasteiger partial charge >= 0.3 is 5.97 Å². The van der Waals surface area contributed by atoms with Crippen LogP contribution in [0.5, 0.6) is 5.88 Å². The molecular weight excluding hydrogens is 410 g/mol. The predicted octanol–water partition coefficient (Wildman–Crippen LogP) is 2.94. The fourth-order valence-corrected chi connectivity index (χ4v) is 3.49. The number of carboxylic acids is 1. The number of carbonyl (C=O) groups is 1. The molecule has 1 saturated heterocycles. The highest BCUT2D eigenvalue weighted by Gasteiger charge is 2.31. The van der Waals surface area contributed by atoms with Gasteiger partial charge in [0.2, 0.25) is 5.88 Å². The molecule has 0 radical (unpaired) electrons. The van der Waals surface area contributed by atoms with Crippen LogP contribution in [0.3, 0.4) is 0 Å². The Kier molecular flexibility index (Phi) is 5.74. The Morgan fingerprint density at radius 2 is 1.97 bits per heavy atom. The monoisotopic (exact) mass is 430 g/mol. The predicted molar refractivity (Wildman–Crippen MR) is 105 cm³/mol. The lowest BCUT2D eigenvalue weighted by Gasteiger charge is -2.21. The molecule has 0 amide bonds. The van der Waals surface area contributed by atoms with Crippen molar-refractivity contribution < 1.29 is 23.4 Å². The highest BCUT2D eigenvalue weighted by Crippen LogP contribution is 2.25. The van der Waals surface area contributed by atoms with E-state index in [2.05, 4.69) is 20.5 Å². The maximum absolute atomic E-state index is 12.8. The van der Waals surface area contributed by atoms with Crippen LogP contribution in [0.4, 0.5) is 14.6 Å². The molecule has 31 heavy (non-hydrogen) atoms. The van der Waals surface area contributed by atoms with Crippen molar-refractivity contribution >= 4 is 11.8 Å². The zero-order valence-corrected chi connectivity index (χ0v) is 16.7. The first-order chi connectivity index (χ1) is 14.9. The summed E-state index contributed by atoms with van der Waals surface area (Å²) in [7, 11) is 0. The van der Waals surface area contributed by atoms with Crippen LogP contribution in [0, 0.1) is 6.92 Å². The molecule has 162 valence electrons. The molecule has 1 N–H and O–H groups in total. The van der Waals surface area contributed by atoms with Crippen LogP contribution < -0.4 is 9.64 Å². The Hall–Kier alpha value is -3.63. The minimum atomic E-state index is -2.54. The minimum Gasteiger partial charge on any atom is -0.480 e. The van der Waals surface area contributed by atoms with Gasteiger partial charge in [-0.2, -0.15) is 0 Å². The molecule has 11 heteroatoms. The largest absolute Gasteiger partial charge is 0.480 e. The van der Waals surface area contributed by atoms with Gasteiger partial charge in [-0.3, -0.25) is 0 Å². The molecule has 3 aromatic rings. The molecule has 1 aliphatic rings. The summed E-state index contributed by atoms with van der Waals surface area (Å²) >= 11 is 0. The molecule has 9 nitrogen and oxygen atoms in total. The number of halogens is 2. The molecule has 1 atom stereocenters. The second-order valence-corrected chi connectivity index (χ2v) is 7.13. The molecule has 4 rings (SSSR count). The van der Waals surface area contributed by atoms with Crippen LogP contribution in [0.25, 0.3) is 5.69 Å². The molecule has 0 saturated carbocycles. The normalized spacial score (nSPS) is 16.1. The number of aryl methyl sites for hydroxylation is 1. The highest BCUT2D eigenvalue weighted by molar-refractivity contribution is 5.78. The Bertz CT molecular complexity index is 1060. The number of aromatic nitrogens is 5. The van der Waals surface area contributed by atoms with Crippen molar-refractivity contribution in [3.8, 4) is 11.6 Å². The fourth-order valence-electron chi connectivity index (χ4n) is 3.49. The van der Waals surface area contributed by atoms with Gasteiger partial charge in [-0.05, 0) is 38.0 Å². The third-order valence-corrected chi connectivity index (χ3v) is 5.16. The van der Waals surface area contributed by atoms with E-state index in [1.54, 1.807) is 36.1 Å². The van der Waals surface area contributed by atoms with Gasteiger partial charge in [0.1, 0.15) is 18.3 Å². The Morgan fingerprint density at radius 3 is 2.61 bits per heavy atom. The van der Waals surface area contributed by atoms with Gasteiger partial charge in [-0.15, -0.1) is 15.3 Å². The summed E-state index contributed by atoms with van der Waals surface area (Å²) in [6, 6.07) is 8.48. The molecule has 0 bridgehead atoms. The van der Waals surface area contributed by atoms with Crippen molar-refractivity contribution in [2.75, 3.05) is 11.4 Å². The van der Waals surface area contributed by atoms with Gasteiger partial charge in [-0.1, -0.05) is 17.3 Å². The van der Waals surface area contributed by atoms with Gasteiger partial charge in [0.25, 0.3) is 6.43 Å². The lowest BCUT2D eigenvalue weighted by molar-refractivity contribution is -0.138. The van der Waals surface area contributed by atoms with E-state index in [4.69, 9.17) is 4.74 Å². The number of carboxylic acid groups (broad SMARTS) is 1. The SMILES string of the molecule is Cc1nnn(-c2ccc(C(F)F)cc2)c1COc1ccc(N2CCC[C@H]2C(=O)O)nn1. The Balaban J connectivity index is 1.46. The summed E-state index contributed by atoms with van der Waals surface area (Å²) in [6.45, 7) is 2.47. The van der Waals surface area contributed by atoms with Gasteiger partial charge in [0.05, 0.1) is 11.4 Å². The number of ether oxygens (including phenoxy) is 1. The molecule has 2 aromatic heterocycles. The van der Waals surface area contributed by atoms with Crippen molar-refractivity contribution in [2.24, 2.45) is 0 Å². The third kappa shape index (κ3) is 4.30. The van der Waals surface area contributed by atoms with Crippen molar-refractivity contribution in [2.45, 2.75) is 38.8 Å². The second kappa shape index (κ2) is 8.62. The lowest BCUT2D eigenvalue weighted by Crippen LogP contribution is -2.36. The first kappa shape index (κ1) is 20.6. The maximum Gasteiger partial charge on any atom is 0.326 e. The van der Waals surface area contributed by atoms with E-state index in [-0.39, 0.29) is 18.1 Å². The number of alkyl halides is 2. The van der Waals surface area contributed by atoms with E-state index >= 15 is 0 Å². The average Bonchev–Trinajstić information content (AvgIpc) is 3.40. The van der Waals surface area contributed by atoms with Crippen molar-refractivity contribution in [1.29, 1.82) is 0 Å². The number of nitrogens with zero attached hydrogens (tertiary/aromatic N) is 6. The second-order valence-electron chi connectivity index (χ2n) is 7.13. The topological polar surface area (TPSA) is 106 Å². The summed E-state index contributed by atoms with van der Waals surface area (Å²) in [5.74, 6) is -0.133. The summed E-state index contributed by atoms with van der Waals surface area (Å²) in [5, 5.41) is 25.6. The Morgan fingerprint density at radius 1 is 1.19 bits per heavy atom. The smallest absolute Gasteiger partial charge is 0.326 e. The van der Waals surface area contributed by atoms with Gasteiger partial charge in [-0.25, -0.2) is 18.3 Å². The summed E-state index contributed by atoms with van der Waals surface area (Å²) < 4.78 is 32.8. The number of benzene rings is 1. The lowest BCUT2D eigenvalue weighted by atomic mass is 10.2. The molecule has 1 fully saturated rings. The minimum absolute atomic E-state index is 0.0723. The molecular formula is C20H20F2N6O3. The number of anilines is 1. The van der Waals surface area contributed by atoms with Crippen LogP contribution >= 0.6 is 0 Å².